The molecule has 21 heavy (non-hydrogen) atoms. The normalized spacial score (nSPS) is 18.0. The van der Waals surface area contributed by atoms with Gasteiger partial charge in [0.2, 0.25) is 5.78 Å². The van der Waals surface area contributed by atoms with E-state index in [0.717, 1.165) is 0 Å². The van der Waals surface area contributed by atoms with Crippen molar-refractivity contribution in [3.05, 3.63) is 57.8 Å². The van der Waals surface area contributed by atoms with E-state index in [1.807, 2.05) is 11.4 Å². The van der Waals surface area contributed by atoms with Crippen molar-refractivity contribution in [3.8, 4) is 0 Å². The minimum atomic E-state index is -0.464. The minimum absolute atomic E-state index is 0.131. The van der Waals surface area contributed by atoms with Crippen molar-refractivity contribution in [1.29, 1.82) is 0 Å². The van der Waals surface area contributed by atoms with Gasteiger partial charge in [-0.3, -0.25) is 9.59 Å². The maximum absolute atomic E-state index is 12.6. The molecule has 1 amide bonds. The highest BCUT2D eigenvalue weighted by Crippen LogP contribution is 2.21. The van der Waals surface area contributed by atoms with Gasteiger partial charge >= 0.3 is 0 Å². The molecule has 0 spiro atoms. The van der Waals surface area contributed by atoms with E-state index in [1.165, 1.54) is 11.3 Å². The van der Waals surface area contributed by atoms with Crippen LogP contribution in [0.5, 0.6) is 0 Å². The number of ketones is 1. The lowest BCUT2D eigenvalue weighted by atomic mass is 10.0. The highest BCUT2D eigenvalue weighted by atomic mass is 32.1. The highest BCUT2D eigenvalue weighted by molar-refractivity contribution is 7.12. The Kier molecular flexibility index (Phi) is 3.86. The predicted octanol–water partition coefficient (Wildman–Crippen LogP) is 2.19. The summed E-state index contributed by atoms with van der Waals surface area (Å²) in [6, 6.07) is 10.4. The van der Waals surface area contributed by atoms with Gasteiger partial charge in [0.25, 0.3) is 5.91 Å². The Balaban J connectivity index is 1.93. The number of thiophene rings is 1. The zero-order valence-corrected chi connectivity index (χ0v) is 12.2. The van der Waals surface area contributed by atoms with E-state index in [9.17, 15) is 14.7 Å². The largest absolute Gasteiger partial charge is 0.391 e. The van der Waals surface area contributed by atoms with Gasteiger partial charge in [0.15, 0.2) is 0 Å². The molecule has 108 valence electrons. The average Bonchev–Trinajstić information content (AvgIpc) is 3.17. The maximum atomic E-state index is 12.6. The van der Waals surface area contributed by atoms with E-state index in [0.29, 0.717) is 35.5 Å². The van der Waals surface area contributed by atoms with Gasteiger partial charge in [-0.25, -0.2) is 0 Å². The van der Waals surface area contributed by atoms with Crippen LogP contribution in [-0.4, -0.2) is 40.9 Å². The van der Waals surface area contributed by atoms with Crippen molar-refractivity contribution in [2.24, 2.45) is 0 Å². The summed E-state index contributed by atoms with van der Waals surface area (Å²) in [5.41, 5.74) is 0.830. The Morgan fingerprint density at radius 3 is 2.52 bits per heavy atom. The van der Waals surface area contributed by atoms with Crippen LogP contribution in [0, 0.1) is 0 Å². The van der Waals surface area contributed by atoms with Crippen LogP contribution in [0.3, 0.4) is 0 Å². The van der Waals surface area contributed by atoms with Crippen LogP contribution in [0.1, 0.15) is 32.0 Å². The molecule has 1 aromatic carbocycles. The lowest BCUT2D eigenvalue weighted by Crippen LogP contribution is -2.30. The molecule has 4 nitrogen and oxygen atoms in total. The Morgan fingerprint density at radius 1 is 1.14 bits per heavy atom. The van der Waals surface area contributed by atoms with Crippen LogP contribution in [0.25, 0.3) is 0 Å². The molecule has 1 aromatic heterocycles. The number of aliphatic hydroxyl groups is 1. The van der Waals surface area contributed by atoms with E-state index in [4.69, 9.17) is 0 Å². The first-order chi connectivity index (χ1) is 10.2. The van der Waals surface area contributed by atoms with Gasteiger partial charge in [-0.15, -0.1) is 11.3 Å². The number of hydrogen-bond acceptors (Lipinski definition) is 4. The Hall–Kier alpha value is -1.98. The van der Waals surface area contributed by atoms with E-state index < -0.39 is 6.10 Å². The Morgan fingerprint density at radius 2 is 1.90 bits per heavy atom. The summed E-state index contributed by atoms with van der Waals surface area (Å²) in [4.78, 5) is 27.3. The van der Waals surface area contributed by atoms with Crippen molar-refractivity contribution in [1.82, 2.24) is 4.90 Å². The Labute approximate surface area is 126 Å². The molecule has 0 radical (unpaired) electrons. The smallest absolute Gasteiger partial charge is 0.254 e. The highest BCUT2D eigenvalue weighted by Gasteiger charge is 2.28. The third kappa shape index (κ3) is 2.75. The minimum Gasteiger partial charge on any atom is -0.391 e. The SMILES string of the molecule is O=C(c1cccs1)c1ccccc1C(=O)N1CC[C@@H](O)C1. The summed E-state index contributed by atoms with van der Waals surface area (Å²) in [6.07, 6.45) is 0.126. The number of rotatable bonds is 3. The second kappa shape index (κ2) is 5.79. The summed E-state index contributed by atoms with van der Waals surface area (Å²) < 4.78 is 0. The Bertz CT molecular complexity index is 666. The number of carbonyl (C=O) groups excluding carboxylic acids is 2. The summed E-state index contributed by atoms with van der Waals surface area (Å²) in [5.74, 6) is -0.319. The van der Waals surface area contributed by atoms with Gasteiger partial charge in [-0.2, -0.15) is 0 Å². The molecule has 0 aliphatic carbocycles. The molecular weight excluding hydrogens is 286 g/mol. The summed E-state index contributed by atoms with van der Waals surface area (Å²) >= 11 is 1.36. The molecule has 0 unspecified atom stereocenters. The lowest BCUT2D eigenvalue weighted by molar-refractivity contribution is 0.0761. The first-order valence-electron chi connectivity index (χ1n) is 6.81. The fraction of sp³-hybridized carbons (Fsp3) is 0.250. The molecule has 1 aliphatic heterocycles. The van der Waals surface area contributed by atoms with Gasteiger partial charge in [-0.05, 0) is 23.9 Å². The molecule has 0 bridgehead atoms. The molecule has 1 N–H and O–H groups in total. The second-order valence-corrected chi connectivity index (χ2v) is 5.99. The standard InChI is InChI=1S/C16H15NO3S/c18-11-7-8-17(10-11)16(20)13-5-2-1-4-12(13)15(19)14-6-3-9-21-14/h1-6,9,11,18H,7-8,10H2/t11-/m1/s1. The molecule has 1 aliphatic rings. The predicted molar refractivity (Wildman–Crippen MR) is 80.7 cm³/mol. The molecule has 2 heterocycles. The van der Waals surface area contributed by atoms with Crippen LogP contribution >= 0.6 is 11.3 Å². The van der Waals surface area contributed by atoms with Crippen LogP contribution in [0.4, 0.5) is 0 Å². The number of aliphatic hydroxyl groups excluding tert-OH is 1. The van der Waals surface area contributed by atoms with Crippen molar-refractivity contribution in [2.75, 3.05) is 13.1 Å². The number of hydrogen-bond donors (Lipinski definition) is 1. The lowest BCUT2D eigenvalue weighted by Gasteiger charge is -2.17. The first-order valence-corrected chi connectivity index (χ1v) is 7.69. The van der Waals surface area contributed by atoms with Crippen LogP contribution in [0.2, 0.25) is 0 Å². The van der Waals surface area contributed by atoms with Gasteiger partial charge in [0, 0.05) is 18.7 Å². The monoisotopic (exact) mass is 301 g/mol. The molecule has 1 saturated heterocycles. The number of amides is 1. The molecule has 5 heteroatoms. The van der Waals surface area contributed by atoms with Crippen LogP contribution < -0.4 is 0 Å². The van der Waals surface area contributed by atoms with Crippen molar-refractivity contribution < 1.29 is 14.7 Å². The average molecular weight is 301 g/mol. The van der Waals surface area contributed by atoms with Crippen molar-refractivity contribution >= 4 is 23.0 Å². The van der Waals surface area contributed by atoms with Crippen molar-refractivity contribution in [2.45, 2.75) is 12.5 Å². The number of carbonyl (C=O) groups is 2. The molecule has 1 atom stereocenters. The van der Waals surface area contributed by atoms with Gasteiger partial charge in [0.05, 0.1) is 16.5 Å². The fourth-order valence-electron chi connectivity index (χ4n) is 2.50. The number of nitrogens with zero attached hydrogens (tertiary/aromatic N) is 1. The van der Waals surface area contributed by atoms with E-state index in [-0.39, 0.29) is 11.7 Å². The quantitative estimate of drug-likeness (QED) is 0.884. The fourth-order valence-corrected chi connectivity index (χ4v) is 3.18. The maximum Gasteiger partial charge on any atom is 0.254 e. The third-order valence-electron chi connectivity index (χ3n) is 3.60. The molecule has 2 aromatic rings. The van der Waals surface area contributed by atoms with Gasteiger partial charge in [0.1, 0.15) is 0 Å². The van der Waals surface area contributed by atoms with Gasteiger partial charge in [-0.1, -0.05) is 24.3 Å². The zero-order valence-electron chi connectivity index (χ0n) is 11.4. The van der Waals surface area contributed by atoms with Crippen LogP contribution in [-0.2, 0) is 0 Å². The summed E-state index contributed by atoms with van der Waals surface area (Å²) in [7, 11) is 0. The summed E-state index contributed by atoms with van der Waals surface area (Å²) in [6.45, 7) is 0.863. The molecule has 0 saturated carbocycles. The van der Waals surface area contributed by atoms with E-state index >= 15 is 0 Å². The number of likely N-dealkylation sites (tertiary alicyclic amines) is 1. The molecular formula is C16H15NO3S. The summed E-state index contributed by atoms with van der Waals surface area (Å²) in [5, 5.41) is 11.4. The van der Waals surface area contributed by atoms with Gasteiger partial charge < -0.3 is 10.0 Å². The zero-order chi connectivity index (χ0) is 14.8. The first kappa shape index (κ1) is 14.0. The van der Waals surface area contributed by atoms with E-state index in [1.54, 1.807) is 35.2 Å². The second-order valence-electron chi connectivity index (χ2n) is 5.05. The molecule has 1 fully saturated rings. The van der Waals surface area contributed by atoms with E-state index in [2.05, 4.69) is 0 Å². The van der Waals surface area contributed by atoms with Crippen molar-refractivity contribution in [3.63, 3.8) is 0 Å². The number of benzene rings is 1. The van der Waals surface area contributed by atoms with Crippen LogP contribution in [0.15, 0.2) is 41.8 Å². The molecule has 3 rings (SSSR count). The topological polar surface area (TPSA) is 57.6 Å². The third-order valence-corrected chi connectivity index (χ3v) is 4.47. The number of β-amino-alcohol motifs (C(OH)–C–C–N with tert-alkyl or cyclic N) is 1.